The van der Waals surface area contributed by atoms with Crippen molar-refractivity contribution in [3.63, 3.8) is 0 Å². The lowest BCUT2D eigenvalue weighted by molar-refractivity contribution is -0.144. The lowest BCUT2D eigenvalue weighted by Gasteiger charge is -2.01. The molecule has 2 N–H and O–H groups in total. The highest BCUT2D eigenvalue weighted by Crippen LogP contribution is 2.31. The SMILES string of the molecule is Cc1ccc(-c2[nH]c(C(F)(F)F)nc2C(=O)O)cc1. The maximum absolute atomic E-state index is 12.5. The first-order valence-electron chi connectivity index (χ1n) is 5.26. The van der Waals surface area contributed by atoms with Crippen molar-refractivity contribution in [3.05, 3.63) is 41.3 Å². The Morgan fingerprint density at radius 3 is 2.32 bits per heavy atom. The number of alkyl halides is 3. The van der Waals surface area contributed by atoms with E-state index in [4.69, 9.17) is 5.11 Å². The average molecular weight is 270 g/mol. The van der Waals surface area contributed by atoms with Crippen LogP contribution in [-0.2, 0) is 6.18 Å². The molecule has 1 heterocycles. The number of aryl methyl sites for hydroxylation is 1. The van der Waals surface area contributed by atoms with Crippen molar-refractivity contribution in [3.8, 4) is 11.3 Å². The van der Waals surface area contributed by atoms with Gasteiger partial charge < -0.3 is 10.1 Å². The van der Waals surface area contributed by atoms with Crippen LogP contribution < -0.4 is 0 Å². The van der Waals surface area contributed by atoms with E-state index in [1.807, 2.05) is 11.9 Å². The molecule has 0 bridgehead atoms. The van der Waals surface area contributed by atoms with E-state index in [-0.39, 0.29) is 5.69 Å². The number of benzene rings is 1. The summed E-state index contributed by atoms with van der Waals surface area (Å²) in [6, 6.07) is 6.43. The third kappa shape index (κ3) is 2.59. The molecule has 2 aromatic rings. The van der Waals surface area contributed by atoms with Gasteiger partial charge in [0.15, 0.2) is 5.69 Å². The van der Waals surface area contributed by atoms with Crippen molar-refractivity contribution >= 4 is 5.97 Å². The van der Waals surface area contributed by atoms with Gasteiger partial charge in [0.2, 0.25) is 5.82 Å². The van der Waals surface area contributed by atoms with Crippen LogP contribution in [0.5, 0.6) is 0 Å². The number of hydrogen-bond acceptors (Lipinski definition) is 2. The number of H-pyrrole nitrogens is 1. The second kappa shape index (κ2) is 4.42. The van der Waals surface area contributed by atoms with Gasteiger partial charge in [0.05, 0.1) is 5.69 Å². The predicted molar refractivity (Wildman–Crippen MR) is 60.7 cm³/mol. The van der Waals surface area contributed by atoms with Crippen molar-refractivity contribution in [1.82, 2.24) is 9.97 Å². The first kappa shape index (κ1) is 13.1. The molecule has 0 fully saturated rings. The largest absolute Gasteiger partial charge is 0.476 e. The number of aromatic carboxylic acids is 1. The van der Waals surface area contributed by atoms with Crippen molar-refractivity contribution in [2.75, 3.05) is 0 Å². The third-order valence-electron chi connectivity index (χ3n) is 2.52. The fraction of sp³-hybridized carbons (Fsp3) is 0.167. The summed E-state index contributed by atoms with van der Waals surface area (Å²) >= 11 is 0. The summed E-state index contributed by atoms with van der Waals surface area (Å²) in [6.45, 7) is 1.82. The Bertz CT molecular complexity index is 615. The van der Waals surface area contributed by atoms with Crippen LogP contribution in [0, 0.1) is 6.92 Å². The van der Waals surface area contributed by atoms with Crippen LogP contribution >= 0.6 is 0 Å². The predicted octanol–water partition coefficient (Wildman–Crippen LogP) is 3.10. The number of carboxylic acid groups (broad SMARTS) is 1. The number of rotatable bonds is 2. The summed E-state index contributed by atoms with van der Waals surface area (Å²) in [7, 11) is 0. The van der Waals surface area contributed by atoms with Gasteiger partial charge in [-0.05, 0) is 6.92 Å². The molecule has 0 atom stereocenters. The molecule has 0 aliphatic carbocycles. The minimum atomic E-state index is -4.72. The smallest absolute Gasteiger partial charge is 0.449 e. The highest BCUT2D eigenvalue weighted by molar-refractivity contribution is 5.93. The Morgan fingerprint density at radius 2 is 1.84 bits per heavy atom. The van der Waals surface area contributed by atoms with Crippen molar-refractivity contribution in [2.24, 2.45) is 0 Å². The van der Waals surface area contributed by atoms with Crippen molar-refractivity contribution in [2.45, 2.75) is 13.1 Å². The van der Waals surface area contributed by atoms with E-state index >= 15 is 0 Å². The number of nitrogens with zero attached hydrogens (tertiary/aromatic N) is 1. The maximum atomic E-state index is 12.5. The van der Waals surface area contributed by atoms with E-state index in [0.717, 1.165) is 5.56 Å². The van der Waals surface area contributed by atoms with Crippen LogP contribution in [0.3, 0.4) is 0 Å². The number of carboxylic acids is 1. The molecule has 0 saturated heterocycles. The number of nitrogens with one attached hydrogen (secondary N) is 1. The van der Waals surface area contributed by atoms with Gasteiger partial charge in [-0.15, -0.1) is 0 Å². The normalized spacial score (nSPS) is 11.6. The molecule has 2 rings (SSSR count). The summed E-state index contributed by atoms with van der Waals surface area (Å²) in [6.07, 6.45) is -4.72. The molecule has 1 aromatic carbocycles. The van der Waals surface area contributed by atoms with Gasteiger partial charge in [0, 0.05) is 5.56 Å². The lowest BCUT2D eigenvalue weighted by Crippen LogP contribution is -2.08. The summed E-state index contributed by atoms with van der Waals surface area (Å²) < 4.78 is 37.6. The second-order valence-electron chi connectivity index (χ2n) is 3.98. The van der Waals surface area contributed by atoms with Crippen LogP contribution in [0.25, 0.3) is 11.3 Å². The first-order chi connectivity index (χ1) is 8.79. The van der Waals surface area contributed by atoms with Gasteiger partial charge in [0.1, 0.15) is 0 Å². The summed E-state index contributed by atoms with van der Waals surface area (Å²) in [4.78, 5) is 16.1. The lowest BCUT2D eigenvalue weighted by atomic mass is 10.1. The maximum Gasteiger partial charge on any atom is 0.449 e. The van der Waals surface area contributed by atoms with Gasteiger partial charge in [-0.3, -0.25) is 0 Å². The quantitative estimate of drug-likeness (QED) is 0.881. The zero-order chi connectivity index (χ0) is 14.2. The molecule has 100 valence electrons. The Balaban J connectivity index is 2.58. The fourth-order valence-corrected chi connectivity index (χ4v) is 1.59. The van der Waals surface area contributed by atoms with E-state index in [2.05, 4.69) is 4.98 Å². The van der Waals surface area contributed by atoms with Crippen molar-refractivity contribution < 1.29 is 23.1 Å². The Labute approximate surface area is 105 Å². The van der Waals surface area contributed by atoms with Crippen molar-refractivity contribution in [1.29, 1.82) is 0 Å². The zero-order valence-corrected chi connectivity index (χ0v) is 9.75. The molecule has 1 aromatic heterocycles. The molecule has 0 spiro atoms. The molecular formula is C12H9F3N2O2. The molecular weight excluding hydrogens is 261 g/mol. The summed E-state index contributed by atoms with van der Waals surface area (Å²) in [5.41, 5.74) is 0.457. The molecule has 0 saturated carbocycles. The Hall–Kier alpha value is -2.31. The summed E-state index contributed by atoms with van der Waals surface area (Å²) in [5, 5.41) is 8.91. The van der Waals surface area contributed by atoms with Crippen LogP contribution in [0.1, 0.15) is 21.9 Å². The number of hydrogen-bond donors (Lipinski definition) is 2. The number of carbonyl (C=O) groups is 1. The zero-order valence-electron chi connectivity index (χ0n) is 9.75. The number of aromatic nitrogens is 2. The highest BCUT2D eigenvalue weighted by Gasteiger charge is 2.37. The van der Waals surface area contributed by atoms with Crippen LogP contribution in [0.2, 0.25) is 0 Å². The monoisotopic (exact) mass is 270 g/mol. The molecule has 7 heteroatoms. The Kier molecular flexibility index (Phi) is 3.05. The van der Waals surface area contributed by atoms with E-state index in [1.54, 1.807) is 12.1 Å². The van der Waals surface area contributed by atoms with Gasteiger partial charge in [-0.25, -0.2) is 9.78 Å². The molecule has 0 aliphatic rings. The van der Waals surface area contributed by atoms with Gasteiger partial charge >= 0.3 is 12.1 Å². The van der Waals surface area contributed by atoms with E-state index in [1.165, 1.54) is 12.1 Å². The van der Waals surface area contributed by atoms with E-state index < -0.39 is 23.7 Å². The molecule has 0 aliphatic heterocycles. The second-order valence-corrected chi connectivity index (χ2v) is 3.98. The molecule has 4 nitrogen and oxygen atoms in total. The van der Waals surface area contributed by atoms with Crippen LogP contribution in [-0.4, -0.2) is 21.0 Å². The average Bonchev–Trinajstić information content (AvgIpc) is 2.74. The molecule has 0 amide bonds. The van der Waals surface area contributed by atoms with Gasteiger partial charge in [-0.1, -0.05) is 29.8 Å². The number of halogens is 3. The van der Waals surface area contributed by atoms with E-state index in [0.29, 0.717) is 5.56 Å². The minimum Gasteiger partial charge on any atom is -0.476 e. The van der Waals surface area contributed by atoms with Crippen LogP contribution in [0.4, 0.5) is 13.2 Å². The standard InChI is InChI=1S/C12H9F3N2O2/c1-6-2-4-7(5-3-6)8-9(10(18)19)17-11(16-8)12(13,14)15/h2-5H,1H3,(H,16,17)(H,18,19). The van der Waals surface area contributed by atoms with Crippen LogP contribution in [0.15, 0.2) is 24.3 Å². The van der Waals surface area contributed by atoms with Gasteiger partial charge in [0.25, 0.3) is 0 Å². The molecule has 0 unspecified atom stereocenters. The number of imidazole rings is 1. The summed E-state index contributed by atoms with van der Waals surface area (Å²) in [5.74, 6) is -2.83. The first-order valence-corrected chi connectivity index (χ1v) is 5.26. The molecule has 0 radical (unpaired) electrons. The highest BCUT2D eigenvalue weighted by atomic mass is 19.4. The van der Waals surface area contributed by atoms with Gasteiger partial charge in [-0.2, -0.15) is 13.2 Å². The van der Waals surface area contributed by atoms with E-state index in [9.17, 15) is 18.0 Å². The third-order valence-corrected chi connectivity index (χ3v) is 2.52. The number of aromatic amines is 1. The topological polar surface area (TPSA) is 66.0 Å². The Morgan fingerprint density at radius 1 is 1.26 bits per heavy atom. The minimum absolute atomic E-state index is 0.153. The molecule has 19 heavy (non-hydrogen) atoms. The fourth-order valence-electron chi connectivity index (χ4n) is 1.59.